The number of thiophene rings is 1. The Hall–Kier alpha value is -1.69. The highest BCUT2D eigenvalue weighted by Crippen LogP contribution is 2.24. The van der Waals surface area contributed by atoms with Crippen LogP contribution < -0.4 is 4.74 Å². The molecule has 0 atom stereocenters. The van der Waals surface area contributed by atoms with Crippen molar-refractivity contribution in [3.63, 3.8) is 0 Å². The zero-order chi connectivity index (χ0) is 12.4. The molecule has 0 saturated carbocycles. The summed E-state index contributed by atoms with van der Waals surface area (Å²) in [4.78, 5) is 16.6. The van der Waals surface area contributed by atoms with Crippen molar-refractivity contribution >= 4 is 17.2 Å². The fourth-order valence-electron chi connectivity index (χ4n) is 1.34. The largest absolute Gasteiger partial charge is 0.460 e. The molecule has 5 nitrogen and oxygen atoms in total. The van der Waals surface area contributed by atoms with E-state index in [1.807, 2.05) is 31.4 Å². The summed E-state index contributed by atoms with van der Waals surface area (Å²) in [6.45, 7) is 5.23. The summed E-state index contributed by atoms with van der Waals surface area (Å²) in [6, 6.07) is 4.04. The third-order valence-corrected chi connectivity index (χ3v) is 2.83. The highest BCUT2D eigenvalue weighted by atomic mass is 32.1. The van der Waals surface area contributed by atoms with Crippen LogP contribution in [0.3, 0.4) is 0 Å². The summed E-state index contributed by atoms with van der Waals surface area (Å²) in [6.07, 6.45) is -0.0195. The Morgan fingerprint density at radius 1 is 1.53 bits per heavy atom. The van der Waals surface area contributed by atoms with Crippen molar-refractivity contribution in [1.82, 2.24) is 14.8 Å². The Labute approximate surface area is 103 Å². The van der Waals surface area contributed by atoms with E-state index in [0.29, 0.717) is 5.82 Å². The van der Waals surface area contributed by atoms with Gasteiger partial charge in [0.05, 0.1) is 11.0 Å². The first-order valence-corrected chi connectivity index (χ1v) is 6.14. The summed E-state index contributed by atoms with van der Waals surface area (Å²) in [5.41, 5.74) is 0. The third-order valence-electron chi connectivity index (χ3n) is 1.97. The lowest BCUT2D eigenvalue weighted by molar-refractivity contribution is 0.0919. The van der Waals surface area contributed by atoms with E-state index in [9.17, 15) is 4.79 Å². The predicted octanol–water partition coefficient (Wildman–Crippen LogP) is 2.45. The maximum atomic E-state index is 11.5. The van der Waals surface area contributed by atoms with Crippen molar-refractivity contribution in [2.45, 2.75) is 26.9 Å². The van der Waals surface area contributed by atoms with E-state index < -0.39 is 0 Å². The van der Waals surface area contributed by atoms with E-state index in [4.69, 9.17) is 4.74 Å². The minimum atomic E-state index is -0.181. The summed E-state index contributed by atoms with van der Waals surface area (Å²) < 4.78 is 6.66. The monoisotopic (exact) mass is 251 g/mol. The first kappa shape index (κ1) is 11.8. The minimum Gasteiger partial charge on any atom is -0.460 e. The molecule has 2 aromatic rings. The maximum absolute atomic E-state index is 11.5. The Morgan fingerprint density at radius 3 is 2.82 bits per heavy atom. The number of hydrogen-bond acceptors (Lipinski definition) is 5. The van der Waals surface area contributed by atoms with Crippen LogP contribution in [-0.2, 0) is 0 Å². The van der Waals surface area contributed by atoms with Gasteiger partial charge in [0.25, 0.3) is 0 Å². The number of nitrogens with zero attached hydrogens (tertiary/aromatic N) is 3. The Kier molecular flexibility index (Phi) is 3.23. The van der Waals surface area contributed by atoms with Crippen molar-refractivity contribution in [3.8, 4) is 16.7 Å². The van der Waals surface area contributed by atoms with Crippen LogP contribution in [0.15, 0.2) is 17.5 Å². The zero-order valence-electron chi connectivity index (χ0n) is 9.88. The molecule has 0 aliphatic carbocycles. The van der Waals surface area contributed by atoms with Crippen molar-refractivity contribution in [2.75, 3.05) is 0 Å². The molecule has 90 valence electrons. The molecular weight excluding hydrogens is 238 g/mol. The van der Waals surface area contributed by atoms with Gasteiger partial charge < -0.3 is 4.74 Å². The average molecular weight is 251 g/mol. The highest BCUT2D eigenvalue weighted by Gasteiger charge is 2.17. The Balaban J connectivity index is 2.43. The highest BCUT2D eigenvalue weighted by molar-refractivity contribution is 7.13. The van der Waals surface area contributed by atoms with Crippen LogP contribution in [0, 0.1) is 0 Å². The minimum absolute atomic E-state index is 0.0195. The van der Waals surface area contributed by atoms with Crippen LogP contribution in [0.25, 0.3) is 10.7 Å². The van der Waals surface area contributed by atoms with Gasteiger partial charge in [0.2, 0.25) is 5.91 Å². The molecule has 2 rings (SSSR count). The van der Waals surface area contributed by atoms with Gasteiger partial charge in [-0.25, -0.2) is 0 Å². The lowest BCUT2D eigenvalue weighted by Crippen LogP contribution is -2.10. The number of carbonyl (C=O) groups is 1. The van der Waals surface area contributed by atoms with Crippen LogP contribution >= 0.6 is 11.3 Å². The Bertz CT molecular complexity index is 517. The quantitative estimate of drug-likeness (QED) is 0.840. The van der Waals surface area contributed by atoms with Gasteiger partial charge in [-0.2, -0.15) is 9.67 Å². The molecule has 0 aliphatic rings. The van der Waals surface area contributed by atoms with Crippen molar-refractivity contribution in [2.24, 2.45) is 0 Å². The first-order chi connectivity index (χ1) is 8.08. The molecule has 6 heteroatoms. The van der Waals surface area contributed by atoms with Crippen LogP contribution in [0.4, 0.5) is 0 Å². The lowest BCUT2D eigenvalue weighted by Gasteiger charge is -2.02. The molecule has 0 fully saturated rings. The summed E-state index contributed by atoms with van der Waals surface area (Å²) >= 11 is 1.51. The van der Waals surface area contributed by atoms with Gasteiger partial charge in [-0.1, -0.05) is 6.07 Å². The van der Waals surface area contributed by atoms with Gasteiger partial charge in [0.15, 0.2) is 5.82 Å². The van der Waals surface area contributed by atoms with E-state index in [1.165, 1.54) is 22.9 Å². The standard InChI is InChI=1S/C11H13N3O2S/c1-7(2)16-11-12-10(9-5-4-6-17-9)14(13-11)8(3)15/h4-7H,1-3H3. The molecule has 0 spiro atoms. The lowest BCUT2D eigenvalue weighted by atomic mass is 10.4. The van der Waals surface area contributed by atoms with E-state index in [0.717, 1.165) is 4.88 Å². The second-order valence-corrected chi connectivity index (χ2v) is 4.74. The fourth-order valence-corrected chi connectivity index (χ4v) is 2.04. The van der Waals surface area contributed by atoms with Crippen molar-refractivity contribution < 1.29 is 9.53 Å². The van der Waals surface area contributed by atoms with Gasteiger partial charge in [-0.05, 0) is 25.3 Å². The van der Waals surface area contributed by atoms with E-state index in [-0.39, 0.29) is 18.0 Å². The maximum Gasteiger partial charge on any atom is 0.336 e. The van der Waals surface area contributed by atoms with Crippen molar-refractivity contribution in [3.05, 3.63) is 17.5 Å². The Morgan fingerprint density at radius 2 is 2.29 bits per heavy atom. The SMILES string of the molecule is CC(=O)n1nc(OC(C)C)nc1-c1cccs1. The first-order valence-electron chi connectivity index (χ1n) is 5.26. The summed E-state index contributed by atoms with van der Waals surface area (Å²) in [5.74, 6) is 0.350. The summed E-state index contributed by atoms with van der Waals surface area (Å²) in [7, 11) is 0. The van der Waals surface area contributed by atoms with E-state index in [1.54, 1.807) is 0 Å². The molecule has 2 heterocycles. The zero-order valence-corrected chi connectivity index (χ0v) is 10.7. The van der Waals surface area contributed by atoms with Gasteiger partial charge in [0, 0.05) is 6.92 Å². The number of ether oxygens (including phenoxy) is 1. The van der Waals surface area contributed by atoms with Crippen LogP contribution in [0.1, 0.15) is 25.6 Å². The van der Waals surface area contributed by atoms with Gasteiger partial charge in [-0.3, -0.25) is 4.79 Å². The van der Waals surface area contributed by atoms with Gasteiger partial charge >= 0.3 is 6.01 Å². The normalized spacial score (nSPS) is 10.8. The third kappa shape index (κ3) is 2.52. The molecule has 2 aromatic heterocycles. The number of aromatic nitrogens is 3. The molecule has 0 saturated heterocycles. The van der Waals surface area contributed by atoms with Crippen LogP contribution in [0.2, 0.25) is 0 Å². The second-order valence-electron chi connectivity index (χ2n) is 3.79. The molecule has 17 heavy (non-hydrogen) atoms. The van der Waals surface area contributed by atoms with Crippen LogP contribution in [0.5, 0.6) is 6.01 Å². The smallest absolute Gasteiger partial charge is 0.336 e. The van der Waals surface area contributed by atoms with Gasteiger partial charge in [-0.15, -0.1) is 16.4 Å². The van der Waals surface area contributed by atoms with E-state index >= 15 is 0 Å². The topological polar surface area (TPSA) is 57.0 Å². The summed E-state index contributed by atoms with van der Waals surface area (Å²) in [5, 5.41) is 5.97. The fraction of sp³-hybridized carbons (Fsp3) is 0.364. The van der Waals surface area contributed by atoms with Crippen LogP contribution in [-0.4, -0.2) is 26.8 Å². The molecule has 0 aromatic carbocycles. The second kappa shape index (κ2) is 4.67. The number of rotatable bonds is 3. The molecule has 0 N–H and O–H groups in total. The van der Waals surface area contributed by atoms with Gasteiger partial charge in [0.1, 0.15) is 0 Å². The molecular formula is C11H13N3O2S. The molecule has 0 aliphatic heterocycles. The molecule has 0 unspecified atom stereocenters. The molecule has 0 amide bonds. The van der Waals surface area contributed by atoms with E-state index in [2.05, 4.69) is 10.1 Å². The predicted molar refractivity (Wildman–Crippen MR) is 65.4 cm³/mol. The molecule has 0 bridgehead atoms. The molecule has 0 radical (unpaired) electrons. The number of hydrogen-bond donors (Lipinski definition) is 0. The average Bonchev–Trinajstić information content (AvgIpc) is 2.82. The number of carbonyl (C=O) groups excluding carboxylic acids is 1. The van der Waals surface area contributed by atoms with Crippen molar-refractivity contribution in [1.29, 1.82) is 0 Å².